The number of unbranched alkanes of at least 4 members (excludes halogenated alkanes) is 22. The molecule has 252 valence electrons. The van der Waals surface area contributed by atoms with Crippen molar-refractivity contribution in [2.24, 2.45) is 0 Å². The van der Waals surface area contributed by atoms with Gasteiger partial charge in [0.2, 0.25) is 0 Å². The van der Waals surface area contributed by atoms with Crippen molar-refractivity contribution in [1.82, 2.24) is 0 Å². The fraction of sp³-hybridized carbons (Fsp3) is 1.00. The maximum Gasteiger partial charge on any atom is 0.184 e. The molecule has 0 radical (unpaired) electrons. The van der Waals surface area contributed by atoms with Gasteiger partial charge in [-0.05, 0) is 39.5 Å². The van der Waals surface area contributed by atoms with Gasteiger partial charge in [0, 0.05) is 6.42 Å². The van der Waals surface area contributed by atoms with Crippen LogP contribution in [0, 0.1) is 0 Å². The van der Waals surface area contributed by atoms with Crippen molar-refractivity contribution >= 4 is 0 Å². The molecule has 0 aliphatic carbocycles. The molecule has 3 N–H and O–H groups in total. The molecule has 1 aliphatic rings. The standard InChI is InChI=1S/C37H74O5/c1-4-5-6-7-8-9-10-11-12-13-14-15-16-17-18-19-20-21-22-23-24-25-26-29-34(38)30-27-28-32(2)41-37-36(40)31-35(39)33(3)42-37/h32-40H,4-31H2,1-3H3/t32?,33-,34?,35+,36+,37+/m0/s1. The molecule has 0 aromatic carbocycles. The third-order valence-electron chi connectivity index (χ3n) is 9.34. The second kappa shape index (κ2) is 28.3. The zero-order chi connectivity index (χ0) is 30.7. The van der Waals surface area contributed by atoms with Crippen LogP contribution in [0.3, 0.4) is 0 Å². The molecule has 6 atom stereocenters. The van der Waals surface area contributed by atoms with Crippen LogP contribution < -0.4 is 0 Å². The van der Waals surface area contributed by atoms with Gasteiger partial charge in [0.1, 0.15) is 6.10 Å². The summed E-state index contributed by atoms with van der Waals surface area (Å²) < 4.78 is 11.4. The van der Waals surface area contributed by atoms with Crippen LogP contribution in [0.15, 0.2) is 0 Å². The zero-order valence-electron chi connectivity index (χ0n) is 28.4. The van der Waals surface area contributed by atoms with E-state index in [1.807, 2.05) is 6.92 Å². The highest BCUT2D eigenvalue weighted by Gasteiger charge is 2.35. The van der Waals surface area contributed by atoms with Crippen molar-refractivity contribution in [1.29, 1.82) is 0 Å². The van der Waals surface area contributed by atoms with Crippen molar-refractivity contribution < 1.29 is 24.8 Å². The Bertz CT molecular complexity index is 558. The predicted octanol–water partition coefficient (Wildman–Crippen LogP) is 10.2. The van der Waals surface area contributed by atoms with E-state index in [0.717, 1.165) is 32.1 Å². The molecule has 1 fully saturated rings. The van der Waals surface area contributed by atoms with Gasteiger partial charge in [-0.3, -0.25) is 0 Å². The summed E-state index contributed by atoms with van der Waals surface area (Å²) in [5.41, 5.74) is 0. The van der Waals surface area contributed by atoms with Gasteiger partial charge >= 0.3 is 0 Å². The van der Waals surface area contributed by atoms with Crippen molar-refractivity contribution in [2.45, 2.75) is 237 Å². The Labute approximate surface area is 261 Å². The Hall–Kier alpha value is -0.200. The summed E-state index contributed by atoms with van der Waals surface area (Å²) in [7, 11) is 0. The smallest absolute Gasteiger partial charge is 0.184 e. The Morgan fingerprint density at radius 2 is 0.952 bits per heavy atom. The first-order valence-corrected chi connectivity index (χ1v) is 18.8. The lowest BCUT2D eigenvalue weighted by atomic mass is 10.0. The molecule has 42 heavy (non-hydrogen) atoms. The molecule has 1 rings (SSSR count). The number of ether oxygens (including phenoxy) is 2. The first kappa shape index (κ1) is 39.8. The molecular weight excluding hydrogens is 524 g/mol. The molecule has 0 saturated carbocycles. The maximum atomic E-state index is 10.3. The second-order valence-electron chi connectivity index (χ2n) is 13.7. The van der Waals surface area contributed by atoms with Gasteiger partial charge < -0.3 is 24.8 Å². The lowest BCUT2D eigenvalue weighted by Crippen LogP contribution is -2.48. The quantitative estimate of drug-likeness (QED) is 0.0717. The Morgan fingerprint density at radius 3 is 1.38 bits per heavy atom. The van der Waals surface area contributed by atoms with E-state index >= 15 is 0 Å². The highest BCUT2D eigenvalue weighted by Crippen LogP contribution is 2.23. The van der Waals surface area contributed by atoms with E-state index in [-0.39, 0.29) is 24.7 Å². The van der Waals surface area contributed by atoms with Crippen LogP contribution in [0.2, 0.25) is 0 Å². The van der Waals surface area contributed by atoms with Crippen LogP contribution >= 0.6 is 0 Å². The van der Waals surface area contributed by atoms with E-state index in [9.17, 15) is 15.3 Å². The molecule has 1 aliphatic heterocycles. The van der Waals surface area contributed by atoms with Crippen molar-refractivity contribution in [3.05, 3.63) is 0 Å². The number of hydrogen-bond donors (Lipinski definition) is 3. The summed E-state index contributed by atoms with van der Waals surface area (Å²) in [4.78, 5) is 0. The fourth-order valence-electron chi connectivity index (χ4n) is 6.31. The van der Waals surface area contributed by atoms with E-state index in [4.69, 9.17) is 9.47 Å². The molecule has 1 heterocycles. The highest BCUT2D eigenvalue weighted by molar-refractivity contribution is 4.78. The van der Waals surface area contributed by atoms with Crippen molar-refractivity contribution in [3.8, 4) is 0 Å². The molecule has 0 aromatic heterocycles. The average Bonchev–Trinajstić information content (AvgIpc) is 2.96. The van der Waals surface area contributed by atoms with Crippen LogP contribution in [0.1, 0.15) is 201 Å². The molecule has 1 saturated heterocycles. The van der Waals surface area contributed by atoms with Crippen molar-refractivity contribution in [2.75, 3.05) is 0 Å². The molecule has 0 spiro atoms. The first-order chi connectivity index (χ1) is 20.4. The lowest BCUT2D eigenvalue weighted by molar-refractivity contribution is -0.273. The van der Waals surface area contributed by atoms with Crippen LogP contribution in [-0.2, 0) is 9.47 Å². The van der Waals surface area contributed by atoms with E-state index in [0.29, 0.717) is 0 Å². The van der Waals surface area contributed by atoms with Gasteiger partial charge in [-0.15, -0.1) is 0 Å². The number of aliphatic hydroxyl groups excluding tert-OH is 3. The third kappa shape index (κ3) is 23.2. The summed E-state index contributed by atoms with van der Waals surface area (Å²) in [6, 6.07) is 0. The summed E-state index contributed by atoms with van der Waals surface area (Å²) >= 11 is 0. The molecule has 5 nitrogen and oxygen atoms in total. The second-order valence-corrected chi connectivity index (χ2v) is 13.7. The largest absolute Gasteiger partial charge is 0.393 e. The predicted molar refractivity (Wildman–Crippen MR) is 178 cm³/mol. The zero-order valence-corrected chi connectivity index (χ0v) is 28.4. The van der Waals surface area contributed by atoms with E-state index in [2.05, 4.69) is 6.92 Å². The third-order valence-corrected chi connectivity index (χ3v) is 9.34. The number of hydrogen-bond acceptors (Lipinski definition) is 5. The summed E-state index contributed by atoms with van der Waals surface area (Å²) in [6.45, 7) is 6.08. The molecular formula is C37H74O5. The van der Waals surface area contributed by atoms with Gasteiger partial charge in [0.05, 0.1) is 24.4 Å². The Morgan fingerprint density at radius 1 is 0.571 bits per heavy atom. The topological polar surface area (TPSA) is 79.2 Å². The number of aliphatic hydroxyl groups is 3. The van der Waals surface area contributed by atoms with E-state index in [1.165, 1.54) is 141 Å². The van der Waals surface area contributed by atoms with Gasteiger partial charge in [-0.25, -0.2) is 0 Å². The Kier molecular flexibility index (Phi) is 26.8. The van der Waals surface area contributed by atoms with Gasteiger partial charge in [-0.1, -0.05) is 155 Å². The molecule has 0 amide bonds. The first-order valence-electron chi connectivity index (χ1n) is 18.8. The minimum absolute atomic E-state index is 0.0431. The van der Waals surface area contributed by atoms with Crippen LogP contribution in [0.25, 0.3) is 0 Å². The average molecular weight is 599 g/mol. The highest BCUT2D eigenvalue weighted by atomic mass is 16.7. The number of rotatable bonds is 30. The van der Waals surface area contributed by atoms with Gasteiger partial charge in [0.15, 0.2) is 6.29 Å². The molecule has 0 bridgehead atoms. The SMILES string of the molecule is CCCCCCCCCCCCCCCCCCCCCCCCCC(O)CCCC(C)O[C@@H]1O[C@@H](C)[C@H](O)C[C@H]1O. The van der Waals surface area contributed by atoms with Crippen LogP contribution in [-0.4, -0.2) is 52.1 Å². The minimum Gasteiger partial charge on any atom is -0.393 e. The van der Waals surface area contributed by atoms with Crippen LogP contribution in [0.5, 0.6) is 0 Å². The fourth-order valence-corrected chi connectivity index (χ4v) is 6.31. The summed E-state index contributed by atoms with van der Waals surface area (Å²) in [5.74, 6) is 0. The maximum absolute atomic E-state index is 10.3. The minimum atomic E-state index is -0.789. The summed E-state index contributed by atoms with van der Waals surface area (Å²) in [6.07, 6.45) is 33.3. The lowest BCUT2D eigenvalue weighted by Gasteiger charge is -2.36. The normalized spacial score (nSPS) is 22.4. The van der Waals surface area contributed by atoms with E-state index in [1.54, 1.807) is 6.92 Å². The van der Waals surface area contributed by atoms with Gasteiger partial charge in [-0.2, -0.15) is 0 Å². The van der Waals surface area contributed by atoms with E-state index < -0.39 is 18.5 Å². The van der Waals surface area contributed by atoms with Crippen molar-refractivity contribution in [3.63, 3.8) is 0 Å². The monoisotopic (exact) mass is 599 g/mol. The van der Waals surface area contributed by atoms with Crippen LogP contribution in [0.4, 0.5) is 0 Å². The van der Waals surface area contributed by atoms with Gasteiger partial charge in [0.25, 0.3) is 0 Å². The molecule has 0 aromatic rings. The molecule has 2 unspecified atom stereocenters. The Balaban J connectivity index is 1.76. The molecule has 5 heteroatoms. The summed E-state index contributed by atoms with van der Waals surface area (Å²) in [5, 5.41) is 30.2.